The van der Waals surface area contributed by atoms with E-state index in [0.717, 1.165) is 61.3 Å². The van der Waals surface area contributed by atoms with Gasteiger partial charge in [0, 0.05) is 73.3 Å². The van der Waals surface area contributed by atoms with E-state index in [0.29, 0.717) is 44.8 Å². The van der Waals surface area contributed by atoms with Crippen molar-refractivity contribution in [3.8, 4) is 5.75 Å². The molecule has 6 atom stereocenters. The Morgan fingerprint density at radius 3 is 2.76 bits per heavy atom. The summed E-state index contributed by atoms with van der Waals surface area (Å²) >= 11 is 0. The van der Waals surface area contributed by atoms with Gasteiger partial charge in [-0.2, -0.15) is 0 Å². The van der Waals surface area contributed by atoms with Crippen LogP contribution in [0.1, 0.15) is 61.6 Å². The highest BCUT2D eigenvalue weighted by atomic mass is 16.6. The molecule has 0 bridgehead atoms. The number of carbonyl (C=O) groups excluding carboxylic acids is 1. The van der Waals surface area contributed by atoms with Crippen molar-refractivity contribution < 1.29 is 29.6 Å². The number of esters is 1. The standard InChI is InChI=1S/C46H57N3O6/c1-33-16-17-35(31-49-25-23-37(32-49)48-42-14-9-12-36-30-47-24-22-39(36)42)28-45(33)54-26-27-55-46(53)15-8-3-2-7-13-40-41(44(52)29-43(40)51)21-20-38(50)19-18-34-10-5-4-6-11-34/h2,4-7,9-12,14,16-17,20-22,24,28,30,37-38,40-41,43-44,48,50-52H,3,8,13,15,18-19,23,25-27,29,31-32H2,1H3/b7-2-,21-20+/t37-,38+,40-,41-,43+,44-/m1/s1. The van der Waals surface area contributed by atoms with Crippen molar-refractivity contribution in [2.24, 2.45) is 11.8 Å². The lowest BCUT2D eigenvalue weighted by atomic mass is 9.89. The number of hydrogen-bond acceptors (Lipinski definition) is 9. The number of nitrogens with one attached hydrogen (secondary N) is 1. The predicted octanol–water partition coefficient (Wildman–Crippen LogP) is 7.18. The van der Waals surface area contributed by atoms with Gasteiger partial charge in [0.2, 0.25) is 0 Å². The van der Waals surface area contributed by atoms with Crippen LogP contribution < -0.4 is 10.1 Å². The van der Waals surface area contributed by atoms with E-state index in [1.165, 1.54) is 16.5 Å². The fourth-order valence-electron chi connectivity index (χ4n) is 7.85. The van der Waals surface area contributed by atoms with E-state index in [1.54, 1.807) is 6.08 Å². The lowest BCUT2D eigenvalue weighted by Crippen LogP contribution is -2.26. The van der Waals surface area contributed by atoms with Crippen molar-refractivity contribution in [1.29, 1.82) is 0 Å². The zero-order chi connectivity index (χ0) is 38.4. The Hall–Kier alpha value is -4.54. The van der Waals surface area contributed by atoms with Crippen LogP contribution in [-0.2, 0) is 22.5 Å². The molecule has 2 fully saturated rings. The largest absolute Gasteiger partial charge is 0.490 e. The molecule has 6 rings (SSSR count). The monoisotopic (exact) mass is 747 g/mol. The molecule has 3 aromatic carbocycles. The molecule has 4 N–H and O–H groups in total. The maximum Gasteiger partial charge on any atom is 0.305 e. The third-order valence-corrected chi connectivity index (χ3v) is 10.9. The third kappa shape index (κ3) is 12.0. The topological polar surface area (TPSA) is 124 Å². The quantitative estimate of drug-likeness (QED) is 0.0449. The Morgan fingerprint density at radius 1 is 1.02 bits per heavy atom. The number of aliphatic hydroxyl groups is 3. The maximum atomic E-state index is 12.4. The average molecular weight is 748 g/mol. The highest BCUT2D eigenvalue weighted by Gasteiger charge is 2.39. The average Bonchev–Trinajstić information content (AvgIpc) is 3.75. The fourth-order valence-corrected chi connectivity index (χ4v) is 7.85. The first-order chi connectivity index (χ1) is 26.8. The molecule has 1 saturated heterocycles. The molecule has 4 aromatic rings. The minimum atomic E-state index is -0.635. The molecule has 0 radical (unpaired) electrons. The van der Waals surface area contributed by atoms with E-state index in [9.17, 15) is 20.1 Å². The van der Waals surface area contributed by atoms with Crippen molar-refractivity contribution in [1.82, 2.24) is 9.88 Å². The fraction of sp³-hybridized carbons (Fsp3) is 0.435. The second-order valence-corrected chi connectivity index (χ2v) is 15.1. The van der Waals surface area contributed by atoms with E-state index in [-0.39, 0.29) is 24.4 Å². The SMILES string of the molecule is Cc1ccc(CN2CC[C@@H](Nc3cccc4cnccc34)C2)cc1OCCOC(=O)CCC/C=C\C[C@@H]1[C@@H](/C=C/[C@@H](O)CCc2ccccc2)[C@H](O)C[C@@H]1O. The van der Waals surface area contributed by atoms with E-state index in [4.69, 9.17) is 9.47 Å². The molecular formula is C46H57N3O6. The zero-order valence-corrected chi connectivity index (χ0v) is 32.0. The van der Waals surface area contributed by atoms with Gasteiger partial charge < -0.3 is 30.1 Å². The number of hydrogen-bond donors (Lipinski definition) is 4. The van der Waals surface area contributed by atoms with Gasteiger partial charge in [-0.1, -0.05) is 78.9 Å². The normalized spacial score (nSPS) is 22.1. The number of allylic oxidation sites excluding steroid dienone is 2. The van der Waals surface area contributed by atoms with Gasteiger partial charge in [0.25, 0.3) is 0 Å². The number of ether oxygens (including phenoxy) is 2. The summed E-state index contributed by atoms with van der Waals surface area (Å²) in [5, 5.41) is 37.7. The molecule has 2 heterocycles. The van der Waals surface area contributed by atoms with E-state index >= 15 is 0 Å². The van der Waals surface area contributed by atoms with Gasteiger partial charge in [-0.05, 0) is 86.3 Å². The molecule has 1 aromatic heterocycles. The Labute approximate surface area is 325 Å². The number of anilines is 1. The summed E-state index contributed by atoms with van der Waals surface area (Å²) in [6.45, 7) is 5.34. The minimum Gasteiger partial charge on any atom is -0.490 e. The third-order valence-electron chi connectivity index (χ3n) is 10.9. The summed E-state index contributed by atoms with van der Waals surface area (Å²) in [5.74, 6) is 0.238. The number of pyridine rings is 1. The van der Waals surface area contributed by atoms with Crippen LogP contribution in [0.2, 0.25) is 0 Å². The molecule has 292 valence electrons. The number of aryl methyl sites for hydroxylation is 2. The van der Waals surface area contributed by atoms with Gasteiger partial charge in [-0.25, -0.2) is 0 Å². The number of fused-ring (bicyclic) bond motifs is 1. The van der Waals surface area contributed by atoms with Crippen LogP contribution in [0.4, 0.5) is 5.69 Å². The molecule has 2 aliphatic rings. The summed E-state index contributed by atoms with van der Waals surface area (Å²) in [4.78, 5) is 19.1. The smallest absolute Gasteiger partial charge is 0.305 e. The van der Waals surface area contributed by atoms with Crippen LogP contribution >= 0.6 is 0 Å². The number of aliphatic hydroxyl groups excluding tert-OH is 3. The first kappa shape index (κ1) is 40.1. The molecule has 55 heavy (non-hydrogen) atoms. The molecular weight excluding hydrogens is 691 g/mol. The predicted molar refractivity (Wildman–Crippen MR) is 218 cm³/mol. The number of nitrogens with zero attached hydrogens (tertiary/aromatic N) is 2. The molecule has 1 saturated carbocycles. The van der Waals surface area contributed by atoms with E-state index in [2.05, 4.69) is 57.7 Å². The summed E-state index contributed by atoms with van der Waals surface area (Å²) < 4.78 is 11.5. The van der Waals surface area contributed by atoms with Crippen LogP contribution in [0.25, 0.3) is 10.8 Å². The van der Waals surface area contributed by atoms with Crippen LogP contribution in [0.3, 0.4) is 0 Å². The van der Waals surface area contributed by atoms with Crippen molar-refractivity contribution in [2.45, 2.75) is 89.2 Å². The van der Waals surface area contributed by atoms with Gasteiger partial charge in [0.05, 0.1) is 18.3 Å². The van der Waals surface area contributed by atoms with E-state index in [1.807, 2.05) is 67.9 Å². The Bertz CT molecular complexity index is 1860. The lowest BCUT2D eigenvalue weighted by molar-refractivity contribution is -0.144. The van der Waals surface area contributed by atoms with Crippen molar-refractivity contribution >= 4 is 22.4 Å². The number of likely N-dealkylation sites (tertiary alicyclic amines) is 1. The van der Waals surface area contributed by atoms with Crippen molar-refractivity contribution in [2.75, 3.05) is 31.6 Å². The van der Waals surface area contributed by atoms with Crippen LogP contribution in [0.5, 0.6) is 5.75 Å². The first-order valence-electron chi connectivity index (χ1n) is 19.9. The van der Waals surface area contributed by atoms with Crippen LogP contribution in [0.15, 0.2) is 109 Å². The summed E-state index contributed by atoms with van der Waals surface area (Å²) in [5.41, 5.74) is 4.57. The van der Waals surface area contributed by atoms with Gasteiger partial charge in [-0.3, -0.25) is 14.7 Å². The summed E-state index contributed by atoms with van der Waals surface area (Å²) in [6, 6.07) is 25.1. The van der Waals surface area contributed by atoms with Gasteiger partial charge in [0.1, 0.15) is 19.0 Å². The Kier molecular flexibility index (Phi) is 14.9. The molecule has 1 aliphatic carbocycles. The number of rotatable bonds is 19. The number of aromatic nitrogens is 1. The number of unbranched alkanes of at least 4 members (excludes halogenated alkanes) is 1. The molecule has 0 unspecified atom stereocenters. The number of carbonyl (C=O) groups is 1. The second-order valence-electron chi connectivity index (χ2n) is 15.1. The molecule has 9 nitrogen and oxygen atoms in total. The van der Waals surface area contributed by atoms with Crippen molar-refractivity contribution in [3.63, 3.8) is 0 Å². The summed E-state index contributed by atoms with van der Waals surface area (Å²) in [7, 11) is 0. The highest BCUT2D eigenvalue weighted by molar-refractivity contribution is 5.93. The molecule has 1 aliphatic heterocycles. The van der Waals surface area contributed by atoms with Gasteiger partial charge >= 0.3 is 5.97 Å². The highest BCUT2D eigenvalue weighted by Crippen LogP contribution is 2.36. The van der Waals surface area contributed by atoms with Crippen molar-refractivity contribution in [3.05, 3.63) is 126 Å². The van der Waals surface area contributed by atoms with Crippen LogP contribution in [-0.4, -0.2) is 81.8 Å². The molecule has 0 spiro atoms. The Balaban J connectivity index is 0.849. The van der Waals surface area contributed by atoms with E-state index < -0.39 is 18.3 Å². The molecule has 9 heteroatoms. The van der Waals surface area contributed by atoms with Crippen LogP contribution in [0, 0.1) is 18.8 Å². The number of benzene rings is 3. The van der Waals surface area contributed by atoms with Gasteiger partial charge in [-0.15, -0.1) is 0 Å². The lowest BCUT2D eigenvalue weighted by Gasteiger charge is -2.19. The Morgan fingerprint density at radius 2 is 1.89 bits per heavy atom. The minimum absolute atomic E-state index is 0.118. The second kappa shape index (κ2) is 20.4. The van der Waals surface area contributed by atoms with Gasteiger partial charge in [0.15, 0.2) is 0 Å². The first-order valence-corrected chi connectivity index (χ1v) is 19.9. The molecule has 0 amide bonds. The maximum absolute atomic E-state index is 12.4. The zero-order valence-electron chi connectivity index (χ0n) is 32.0. The summed E-state index contributed by atoms with van der Waals surface area (Å²) in [6.07, 6.45) is 14.7.